The summed E-state index contributed by atoms with van der Waals surface area (Å²) in [5.74, 6) is 0. The minimum Gasteiger partial charge on any atom is -0.393 e. The van der Waals surface area contributed by atoms with Crippen molar-refractivity contribution in [1.29, 1.82) is 0 Å². The summed E-state index contributed by atoms with van der Waals surface area (Å²) >= 11 is 0. The van der Waals surface area contributed by atoms with E-state index in [1.807, 2.05) is 0 Å². The van der Waals surface area contributed by atoms with Crippen molar-refractivity contribution in [2.45, 2.75) is 69.1 Å². The van der Waals surface area contributed by atoms with Gasteiger partial charge in [-0.05, 0) is 31.2 Å². The van der Waals surface area contributed by atoms with Gasteiger partial charge in [-0.15, -0.1) is 0 Å². The van der Waals surface area contributed by atoms with Gasteiger partial charge in [0, 0.05) is 11.6 Å². The summed E-state index contributed by atoms with van der Waals surface area (Å²) in [6.45, 7) is 0. The summed E-state index contributed by atoms with van der Waals surface area (Å²) in [6.07, 6.45) is 9.43. The molecule has 1 aliphatic carbocycles. The van der Waals surface area contributed by atoms with Crippen LogP contribution in [0.25, 0.3) is 0 Å². The summed E-state index contributed by atoms with van der Waals surface area (Å²) in [4.78, 5) is 0. The molecule has 1 aromatic rings. The van der Waals surface area contributed by atoms with Crippen molar-refractivity contribution in [2.24, 2.45) is 0 Å². The van der Waals surface area contributed by atoms with Crippen molar-refractivity contribution < 1.29 is 5.11 Å². The molecular weight excluding hydrogens is 234 g/mol. The first-order valence-corrected chi connectivity index (χ1v) is 7.78. The normalized spacial score (nSPS) is 31.0. The molecule has 2 fully saturated rings. The quantitative estimate of drug-likeness (QED) is 0.808. The summed E-state index contributed by atoms with van der Waals surface area (Å²) in [6, 6.07) is 10.9. The van der Waals surface area contributed by atoms with Crippen molar-refractivity contribution in [2.75, 3.05) is 0 Å². The fourth-order valence-electron chi connectivity index (χ4n) is 3.95. The van der Waals surface area contributed by atoms with E-state index in [1.165, 1.54) is 44.1 Å². The molecule has 0 radical (unpaired) electrons. The Balaban J connectivity index is 1.80. The molecule has 1 heterocycles. The highest BCUT2D eigenvalue weighted by Crippen LogP contribution is 2.39. The lowest BCUT2D eigenvalue weighted by molar-refractivity contribution is 0.0450. The molecule has 1 aromatic carbocycles. The predicted molar refractivity (Wildman–Crippen MR) is 78.0 cm³/mol. The van der Waals surface area contributed by atoms with E-state index < -0.39 is 0 Å². The van der Waals surface area contributed by atoms with Crippen LogP contribution in [0.5, 0.6) is 0 Å². The third kappa shape index (κ3) is 3.01. The Morgan fingerprint density at radius 3 is 2.37 bits per heavy atom. The van der Waals surface area contributed by atoms with E-state index in [2.05, 4.69) is 35.6 Å². The van der Waals surface area contributed by atoms with Crippen molar-refractivity contribution in [3.8, 4) is 0 Å². The molecule has 2 nitrogen and oxygen atoms in total. The number of hydrogen-bond acceptors (Lipinski definition) is 2. The first kappa shape index (κ1) is 13.1. The Kier molecular flexibility index (Phi) is 3.90. The van der Waals surface area contributed by atoms with Gasteiger partial charge in [0.2, 0.25) is 0 Å². The van der Waals surface area contributed by atoms with E-state index in [9.17, 15) is 5.11 Å². The van der Waals surface area contributed by atoms with Crippen LogP contribution in [0.3, 0.4) is 0 Å². The molecule has 1 aliphatic heterocycles. The number of aliphatic hydroxyl groups excluding tert-OH is 1. The summed E-state index contributed by atoms with van der Waals surface area (Å²) < 4.78 is 0. The second-order valence-corrected chi connectivity index (χ2v) is 6.40. The van der Waals surface area contributed by atoms with E-state index in [-0.39, 0.29) is 11.6 Å². The van der Waals surface area contributed by atoms with Gasteiger partial charge in [-0.1, -0.05) is 56.0 Å². The van der Waals surface area contributed by atoms with E-state index in [0.717, 1.165) is 12.8 Å². The molecule has 104 valence electrons. The largest absolute Gasteiger partial charge is 0.393 e. The van der Waals surface area contributed by atoms with Crippen LogP contribution in [0, 0.1) is 0 Å². The van der Waals surface area contributed by atoms with Crippen molar-refractivity contribution >= 4 is 0 Å². The minimum atomic E-state index is -0.149. The molecule has 0 aromatic heterocycles. The first-order chi connectivity index (χ1) is 9.27. The van der Waals surface area contributed by atoms with Crippen molar-refractivity contribution in [3.63, 3.8) is 0 Å². The average molecular weight is 259 g/mol. The second kappa shape index (κ2) is 5.64. The van der Waals surface area contributed by atoms with Gasteiger partial charge in [0.25, 0.3) is 0 Å². The number of nitrogens with one attached hydrogen (secondary N) is 1. The maximum absolute atomic E-state index is 10.3. The van der Waals surface area contributed by atoms with Crippen LogP contribution in [0.4, 0.5) is 0 Å². The molecule has 2 aliphatic rings. The van der Waals surface area contributed by atoms with Gasteiger partial charge >= 0.3 is 0 Å². The highest BCUT2D eigenvalue weighted by atomic mass is 16.3. The molecule has 2 atom stereocenters. The van der Waals surface area contributed by atoms with E-state index in [0.29, 0.717) is 6.04 Å². The smallest absolute Gasteiger partial charge is 0.0576 e. The number of hydrogen-bond donors (Lipinski definition) is 2. The summed E-state index contributed by atoms with van der Waals surface area (Å²) in [7, 11) is 0. The SMILES string of the molecule is O[C@@H]1C[C@H](c2ccccc2)NC2(CCCCCC2)C1. The van der Waals surface area contributed by atoms with Gasteiger partial charge in [0.1, 0.15) is 0 Å². The van der Waals surface area contributed by atoms with Crippen LogP contribution in [-0.4, -0.2) is 16.7 Å². The Morgan fingerprint density at radius 2 is 1.68 bits per heavy atom. The minimum absolute atomic E-state index is 0.149. The summed E-state index contributed by atoms with van der Waals surface area (Å²) in [5, 5.41) is 14.2. The molecule has 19 heavy (non-hydrogen) atoms. The predicted octanol–water partition coefficient (Wildman–Crippen LogP) is 3.57. The topological polar surface area (TPSA) is 32.3 Å². The van der Waals surface area contributed by atoms with Crippen molar-refractivity contribution in [3.05, 3.63) is 35.9 Å². The van der Waals surface area contributed by atoms with Crippen LogP contribution in [0.1, 0.15) is 63.0 Å². The molecular formula is C17H25NO. The third-order valence-electron chi connectivity index (χ3n) is 4.88. The number of rotatable bonds is 1. The molecule has 1 saturated heterocycles. The number of benzene rings is 1. The Bertz CT molecular complexity index is 395. The second-order valence-electron chi connectivity index (χ2n) is 6.40. The van der Waals surface area contributed by atoms with E-state index in [1.54, 1.807) is 0 Å². The lowest BCUT2D eigenvalue weighted by Crippen LogP contribution is -2.53. The third-order valence-corrected chi connectivity index (χ3v) is 4.88. The Morgan fingerprint density at radius 1 is 1.00 bits per heavy atom. The Labute approximate surface area is 116 Å². The lowest BCUT2D eigenvalue weighted by atomic mass is 9.77. The lowest BCUT2D eigenvalue weighted by Gasteiger charge is -2.44. The van der Waals surface area contributed by atoms with Gasteiger partial charge in [-0.3, -0.25) is 0 Å². The Hall–Kier alpha value is -0.860. The maximum atomic E-state index is 10.3. The zero-order valence-electron chi connectivity index (χ0n) is 11.6. The fraction of sp³-hybridized carbons (Fsp3) is 0.647. The van der Waals surface area contributed by atoms with E-state index in [4.69, 9.17) is 0 Å². The zero-order valence-corrected chi connectivity index (χ0v) is 11.6. The van der Waals surface area contributed by atoms with Crippen LogP contribution in [0.15, 0.2) is 30.3 Å². The van der Waals surface area contributed by atoms with Gasteiger partial charge in [-0.25, -0.2) is 0 Å². The molecule has 2 N–H and O–H groups in total. The zero-order chi connectivity index (χ0) is 13.1. The molecule has 1 saturated carbocycles. The highest BCUT2D eigenvalue weighted by molar-refractivity contribution is 5.21. The first-order valence-electron chi connectivity index (χ1n) is 7.78. The molecule has 0 unspecified atom stereocenters. The number of aliphatic hydroxyl groups is 1. The van der Waals surface area contributed by atoms with Crippen LogP contribution in [-0.2, 0) is 0 Å². The number of piperidine rings is 1. The van der Waals surface area contributed by atoms with Gasteiger partial charge in [0.15, 0.2) is 0 Å². The molecule has 3 rings (SSSR count). The monoisotopic (exact) mass is 259 g/mol. The van der Waals surface area contributed by atoms with Crippen molar-refractivity contribution in [1.82, 2.24) is 5.32 Å². The van der Waals surface area contributed by atoms with Gasteiger partial charge in [0.05, 0.1) is 6.10 Å². The van der Waals surface area contributed by atoms with Gasteiger partial charge < -0.3 is 10.4 Å². The molecule has 0 bridgehead atoms. The maximum Gasteiger partial charge on any atom is 0.0576 e. The van der Waals surface area contributed by atoms with Crippen LogP contribution >= 0.6 is 0 Å². The molecule has 1 spiro atoms. The average Bonchev–Trinajstić information content (AvgIpc) is 2.64. The molecule has 2 heteroatoms. The van der Waals surface area contributed by atoms with E-state index >= 15 is 0 Å². The highest BCUT2D eigenvalue weighted by Gasteiger charge is 2.39. The van der Waals surface area contributed by atoms with Crippen LogP contribution in [0.2, 0.25) is 0 Å². The standard InChI is InChI=1S/C17H25NO/c19-15-12-16(14-8-4-3-5-9-14)18-17(13-15)10-6-1-2-7-11-17/h3-5,8-9,15-16,18-19H,1-2,6-7,10-13H2/t15-,16-/m1/s1. The van der Waals surface area contributed by atoms with Gasteiger partial charge in [-0.2, -0.15) is 0 Å². The fourth-order valence-corrected chi connectivity index (χ4v) is 3.95. The molecule has 0 amide bonds. The summed E-state index contributed by atoms with van der Waals surface area (Å²) in [5.41, 5.74) is 1.51. The van der Waals surface area contributed by atoms with Crippen LogP contribution < -0.4 is 5.32 Å².